The number of pyridine rings is 2. The lowest BCUT2D eigenvalue weighted by atomic mass is 10.0. The van der Waals surface area contributed by atoms with Gasteiger partial charge in [0.2, 0.25) is 0 Å². The topological polar surface area (TPSA) is 86.0 Å². The highest BCUT2D eigenvalue weighted by Gasteiger charge is 2.16. The summed E-state index contributed by atoms with van der Waals surface area (Å²) in [6, 6.07) is 17.0. The number of fused-ring (bicyclic) bond motifs is 2. The van der Waals surface area contributed by atoms with Gasteiger partial charge in [-0.25, -0.2) is 9.37 Å². The summed E-state index contributed by atoms with van der Waals surface area (Å²) in [6.07, 6.45) is 5.43. The summed E-state index contributed by atoms with van der Waals surface area (Å²) in [6.45, 7) is 1.21. The third-order valence-corrected chi connectivity index (χ3v) is 6.91. The maximum Gasteiger partial charge on any atom is 0.138 e. The van der Waals surface area contributed by atoms with Crippen molar-refractivity contribution in [2.24, 2.45) is 0 Å². The molecule has 0 amide bonds. The summed E-state index contributed by atoms with van der Waals surface area (Å²) in [4.78, 5) is 16.4. The van der Waals surface area contributed by atoms with Crippen LogP contribution >= 0.6 is 0 Å². The van der Waals surface area contributed by atoms with Crippen LogP contribution in [-0.2, 0) is 0 Å². The highest BCUT2D eigenvalue weighted by molar-refractivity contribution is 6.00. The lowest BCUT2D eigenvalue weighted by Gasteiger charge is -2.13. The van der Waals surface area contributed by atoms with Gasteiger partial charge in [0.1, 0.15) is 29.5 Å². The van der Waals surface area contributed by atoms with Gasteiger partial charge in [-0.3, -0.25) is 10.1 Å². The lowest BCUT2D eigenvalue weighted by molar-refractivity contribution is 0.260. The van der Waals surface area contributed by atoms with E-state index in [-0.39, 0.29) is 5.82 Å². The van der Waals surface area contributed by atoms with Crippen molar-refractivity contribution in [3.8, 4) is 39.4 Å². The predicted octanol–water partition coefficient (Wildman–Crippen LogP) is 5.98. The SMILES string of the molecule is CN(C)CCOc1cc(F)cc(-c2ccnc3[nH]c(-c4n[nH]c5ccc(-c6cncc(N(C)C)c6)cc45)cc23)c1. The number of hydrogen-bond donors (Lipinski definition) is 2. The molecule has 4 heterocycles. The van der Waals surface area contributed by atoms with Crippen molar-refractivity contribution in [3.05, 3.63) is 79.0 Å². The van der Waals surface area contributed by atoms with Crippen LogP contribution in [0.4, 0.5) is 10.1 Å². The molecule has 9 heteroatoms. The molecule has 0 radical (unpaired) electrons. The van der Waals surface area contributed by atoms with Gasteiger partial charge in [-0.1, -0.05) is 6.07 Å². The lowest BCUT2D eigenvalue weighted by Crippen LogP contribution is -2.19. The van der Waals surface area contributed by atoms with Crippen LogP contribution in [0.5, 0.6) is 5.75 Å². The molecule has 6 aromatic rings. The molecule has 0 aliphatic heterocycles. The third kappa shape index (κ3) is 4.99. The Labute approximate surface area is 231 Å². The molecular formula is C31H30FN7O. The first-order valence-electron chi connectivity index (χ1n) is 13.0. The molecule has 0 fully saturated rings. The zero-order valence-corrected chi connectivity index (χ0v) is 22.9. The average molecular weight is 536 g/mol. The van der Waals surface area contributed by atoms with Crippen molar-refractivity contribution in [2.75, 3.05) is 46.2 Å². The first kappa shape index (κ1) is 25.5. The minimum Gasteiger partial charge on any atom is -0.492 e. The molecule has 8 nitrogen and oxygen atoms in total. The Balaban J connectivity index is 1.39. The standard InChI is InChI=1S/C31H30FN7O/c1-38(2)9-10-40-24-13-20(11-22(32)15-24)25-7-8-34-31-26(25)16-29(35-31)30-27-14-19(5-6-28(27)36-37-30)21-12-23(39(3)4)18-33-17-21/h5-8,11-18H,9-10H2,1-4H3,(H,34,35)(H,36,37). The summed E-state index contributed by atoms with van der Waals surface area (Å²) in [5.74, 6) is 0.146. The molecule has 40 heavy (non-hydrogen) atoms. The van der Waals surface area contributed by atoms with Crippen LogP contribution < -0.4 is 9.64 Å². The largest absolute Gasteiger partial charge is 0.492 e. The van der Waals surface area contributed by atoms with Crippen molar-refractivity contribution in [1.82, 2.24) is 30.0 Å². The van der Waals surface area contributed by atoms with Gasteiger partial charge in [0.15, 0.2) is 0 Å². The molecule has 0 atom stereocenters. The van der Waals surface area contributed by atoms with E-state index in [2.05, 4.69) is 43.3 Å². The number of aromatic nitrogens is 5. The van der Waals surface area contributed by atoms with Crippen molar-refractivity contribution < 1.29 is 9.13 Å². The molecule has 0 saturated carbocycles. The van der Waals surface area contributed by atoms with E-state index in [0.717, 1.165) is 62.2 Å². The number of aromatic amines is 2. The maximum atomic E-state index is 14.6. The van der Waals surface area contributed by atoms with Crippen LogP contribution in [0, 0.1) is 5.82 Å². The summed E-state index contributed by atoms with van der Waals surface area (Å²) in [5, 5.41) is 9.62. The van der Waals surface area contributed by atoms with Crippen LogP contribution in [0.3, 0.4) is 0 Å². The number of benzene rings is 2. The molecule has 0 spiro atoms. The van der Waals surface area contributed by atoms with Gasteiger partial charge in [-0.15, -0.1) is 0 Å². The van der Waals surface area contributed by atoms with Crippen molar-refractivity contribution in [1.29, 1.82) is 0 Å². The smallest absolute Gasteiger partial charge is 0.138 e. The van der Waals surface area contributed by atoms with Crippen LogP contribution in [0.25, 0.3) is 55.6 Å². The summed E-state index contributed by atoms with van der Waals surface area (Å²) >= 11 is 0. The Morgan fingerprint density at radius 2 is 1.75 bits per heavy atom. The molecule has 0 unspecified atom stereocenters. The fourth-order valence-corrected chi connectivity index (χ4v) is 4.78. The van der Waals surface area contributed by atoms with Crippen LogP contribution in [0.15, 0.2) is 73.2 Å². The van der Waals surface area contributed by atoms with E-state index in [1.807, 2.05) is 74.6 Å². The van der Waals surface area contributed by atoms with E-state index in [0.29, 0.717) is 18.0 Å². The van der Waals surface area contributed by atoms with E-state index >= 15 is 0 Å². The van der Waals surface area contributed by atoms with E-state index in [1.54, 1.807) is 6.20 Å². The van der Waals surface area contributed by atoms with Crippen LogP contribution in [0.1, 0.15) is 0 Å². The number of nitrogens with zero attached hydrogens (tertiary/aromatic N) is 5. The van der Waals surface area contributed by atoms with Gasteiger partial charge in [0, 0.05) is 55.4 Å². The van der Waals surface area contributed by atoms with Gasteiger partial charge >= 0.3 is 0 Å². The van der Waals surface area contributed by atoms with E-state index < -0.39 is 0 Å². The van der Waals surface area contributed by atoms with E-state index in [4.69, 9.17) is 4.74 Å². The van der Waals surface area contributed by atoms with Crippen LogP contribution in [0.2, 0.25) is 0 Å². The zero-order valence-electron chi connectivity index (χ0n) is 22.9. The fourth-order valence-electron chi connectivity index (χ4n) is 4.78. The maximum absolute atomic E-state index is 14.6. The number of rotatable bonds is 8. The number of nitrogens with one attached hydrogen (secondary N) is 2. The minimum atomic E-state index is -0.350. The van der Waals surface area contributed by atoms with Crippen molar-refractivity contribution in [2.45, 2.75) is 0 Å². The Hall–Kier alpha value is -4.76. The Kier molecular flexibility index (Phi) is 6.65. The van der Waals surface area contributed by atoms with Crippen molar-refractivity contribution >= 4 is 27.6 Å². The number of halogens is 1. The Morgan fingerprint density at radius 3 is 2.58 bits per heavy atom. The highest BCUT2D eigenvalue weighted by Crippen LogP contribution is 2.36. The first-order chi connectivity index (χ1) is 19.4. The minimum absolute atomic E-state index is 0.350. The molecule has 0 aliphatic rings. The second-order valence-corrected chi connectivity index (χ2v) is 10.3. The molecule has 6 rings (SSSR count). The monoisotopic (exact) mass is 535 g/mol. The summed E-state index contributed by atoms with van der Waals surface area (Å²) in [5.41, 5.74) is 7.90. The highest BCUT2D eigenvalue weighted by atomic mass is 19.1. The molecule has 202 valence electrons. The second kappa shape index (κ2) is 10.4. The quantitative estimate of drug-likeness (QED) is 0.249. The first-order valence-corrected chi connectivity index (χ1v) is 13.0. The van der Waals surface area contributed by atoms with Gasteiger partial charge in [0.05, 0.1) is 23.1 Å². The van der Waals surface area contributed by atoms with Gasteiger partial charge in [-0.2, -0.15) is 5.10 Å². The summed E-state index contributed by atoms with van der Waals surface area (Å²) in [7, 11) is 7.94. The molecule has 2 aromatic carbocycles. The van der Waals surface area contributed by atoms with Gasteiger partial charge < -0.3 is 19.5 Å². The van der Waals surface area contributed by atoms with Gasteiger partial charge in [0.25, 0.3) is 0 Å². The number of hydrogen-bond acceptors (Lipinski definition) is 6. The number of H-pyrrole nitrogens is 2. The molecular weight excluding hydrogens is 505 g/mol. The third-order valence-electron chi connectivity index (χ3n) is 6.91. The molecule has 0 bridgehead atoms. The number of ether oxygens (including phenoxy) is 1. The Bertz CT molecular complexity index is 1820. The average Bonchev–Trinajstić information content (AvgIpc) is 3.56. The molecule has 4 aromatic heterocycles. The summed E-state index contributed by atoms with van der Waals surface area (Å²) < 4.78 is 20.4. The number of anilines is 1. The molecule has 0 saturated heterocycles. The Morgan fingerprint density at radius 1 is 0.875 bits per heavy atom. The molecule has 0 aliphatic carbocycles. The predicted molar refractivity (Wildman–Crippen MR) is 158 cm³/mol. The van der Waals surface area contributed by atoms with Gasteiger partial charge in [-0.05, 0) is 73.3 Å². The zero-order chi connectivity index (χ0) is 27.8. The fraction of sp³-hybridized carbons (Fsp3) is 0.194. The number of likely N-dealkylation sites (N-methyl/N-ethyl adjacent to an activating group) is 1. The van der Waals surface area contributed by atoms with E-state index in [9.17, 15) is 4.39 Å². The van der Waals surface area contributed by atoms with E-state index in [1.165, 1.54) is 12.1 Å². The normalized spacial score (nSPS) is 11.6. The molecule has 2 N–H and O–H groups in total. The van der Waals surface area contributed by atoms with Crippen molar-refractivity contribution in [3.63, 3.8) is 0 Å². The second-order valence-electron chi connectivity index (χ2n) is 10.3. The van der Waals surface area contributed by atoms with Crippen LogP contribution in [-0.4, -0.2) is 71.4 Å².